The molecule has 0 saturated carbocycles. The molecule has 0 heterocycles. The van der Waals surface area contributed by atoms with Crippen LogP contribution in [0.1, 0.15) is 17.9 Å². The van der Waals surface area contributed by atoms with Crippen LogP contribution in [0.4, 0.5) is 0 Å². The standard InChI is InChI=1S/C10H12NO/c11-7-6-10(8-12)9-4-2-1-3-5-9/h1-5,10H,6-7,11H2. The summed E-state index contributed by atoms with van der Waals surface area (Å²) in [5.74, 6) is -0.156. The molecule has 0 bridgehead atoms. The monoisotopic (exact) mass is 162 g/mol. The second-order valence-electron chi connectivity index (χ2n) is 2.66. The number of benzene rings is 1. The van der Waals surface area contributed by atoms with Gasteiger partial charge in [-0.25, -0.2) is 0 Å². The van der Waals surface area contributed by atoms with Gasteiger partial charge in [-0.2, -0.15) is 0 Å². The number of carbonyl (C=O) groups excluding carboxylic acids is 1. The Morgan fingerprint density at radius 3 is 2.50 bits per heavy atom. The molecule has 2 nitrogen and oxygen atoms in total. The van der Waals surface area contributed by atoms with E-state index < -0.39 is 0 Å². The van der Waals surface area contributed by atoms with Crippen LogP contribution in [-0.2, 0) is 4.79 Å². The summed E-state index contributed by atoms with van der Waals surface area (Å²) in [6.07, 6.45) is 2.66. The van der Waals surface area contributed by atoms with Gasteiger partial charge >= 0.3 is 0 Å². The molecule has 0 saturated heterocycles. The third-order valence-electron chi connectivity index (χ3n) is 1.80. The van der Waals surface area contributed by atoms with Gasteiger partial charge in [0.25, 0.3) is 0 Å². The van der Waals surface area contributed by atoms with Crippen molar-refractivity contribution >= 4 is 6.29 Å². The van der Waals surface area contributed by atoms with Crippen molar-refractivity contribution in [1.82, 2.24) is 0 Å². The lowest BCUT2D eigenvalue weighted by atomic mass is 9.98. The van der Waals surface area contributed by atoms with Crippen molar-refractivity contribution in [3.63, 3.8) is 0 Å². The van der Waals surface area contributed by atoms with Gasteiger partial charge in [-0.15, -0.1) is 0 Å². The first-order valence-corrected chi connectivity index (χ1v) is 4.01. The fraction of sp³-hybridized carbons (Fsp3) is 0.300. The lowest BCUT2D eigenvalue weighted by Crippen LogP contribution is -2.08. The lowest BCUT2D eigenvalue weighted by Gasteiger charge is -2.06. The Balaban J connectivity index is 2.73. The topological polar surface area (TPSA) is 43.1 Å². The molecular weight excluding hydrogens is 150 g/mol. The number of nitrogens with two attached hydrogens (primary N) is 1. The van der Waals surface area contributed by atoms with Crippen LogP contribution < -0.4 is 5.73 Å². The van der Waals surface area contributed by atoms with Crippen LogP contribution in [-0.4, -0.2) is 12.8 Å². The first kappa shape index (κ1) is 8.94. The number of rotatable bonds is 4. The van der Waals surface area contributed by atoms with Crippen molar-refractivity contribution in [2.24, 2.45) is 5.73 Å². The fourth-order valence-electron chi connectivity index (χ4n) is 1.15. The van der Waals surface area contributed by atoms with E-state index in [1.54, 1.807) is 0 Å². The molecule has 1 rings (SSSR count). The van der Waals surface area contributed by atoms with Crippen LogP contribution in [0.2, 0.25) is 0 Å². The number of hydrogen-bond acceptors (Lipinski definition) is 2. The van der Waals surface area contributed by atoms with Crippen molar-refractivity contribution in [1.29, 1.82) is 0 Å². The molecule has 0 fully saturated rings. The Morgan fingerprint density at radius 1 is 1.33 bits per heavy atom. The van der Waals surface area contributed by atoms with Gasteiger partial charge < -0.3 is 5.73 Å². The van der Waals surface area contributed by atoms with Crippen LogP contribution in [0, 0.1) is 0 Å². The van der Waals surface area contributed by atoms with Gasteiger partial charge in [0.1, 0.15) is 0 Å². The summed E-state index contributed by atoms with van der Waals surface area (Å²) >= 11 is 0. The van der Waals surface area contributed by atoms with Crippen molar-refractivity contribution < 1.29 is 4.79 Å². The molecule has 63 valence electrons. The molecule has 1 aromatic carbocycles. The largest absolute Gasteiger partial charge is 0.330 e. The zero-order chi connectivity index (χ0) is 8.81. The highest BCUT2D eigenvalue weighted by Crippen LogP contribution is 2.15. The minimum atomic E-state index is -0.156. The van der Waals surface area contributed by atoms with E-state index in [0.717, 1.165) is 5.56 Å². The summed E-state index contributed by atoms with van der Waals surface area (Å²) in [5.41, 5.74) is 6.36. The summed E-state index contributed by atoms with van der Waals surface area (Å²) in [6.45, 7) is 0.523. The maximum atomic E-state index is 10.5. The molecule has 0 aliphatic heterocycles. The molecule has 1 radical (unpaired) electrons. The SMILES string of the molecule is NCCC([C]=O)c1ccccc1. The highest BCUT2D eigenvalue weighted by atomic mass is 16.1. The molecule has 1 atom stereocenters. The molecule has 0 amide bonds. The van der Waals surface area contributed by atoms with Crippen molar-refractivity contribution in [2.45, 2.75) is 12.3 Å². The van der Waals surface area contributed by atoms with E-state index in [4.69, 9.17) is 5.73 Å². The number of hydrogen-bond donors (Lipinski definition) is 1. The molecule has 2 heteroatoms. The van der Waals surface area contributed by atoms with Crippen molar-refractivity contribution in [3.8, 4) is 0 Å². The lowest BCUT2D eigenvalue weighted by molar-refractivity contribution is 0.538. The predicted octanol–water partition coefficient (Wildman–Crippen LogP) is 1.23. The van der Waals surface area contributed by atoms with Gasteiger partial charge in [0, 0.05) is 0 Å². The molecule has 12 heavy (non-hydrogen) atoms. The Bertz CT molecular complexity index is 233. The van der Waals surface area contributed by atoms with E-state index in [-0.39, 0.29) is 5.92 Å². The predicted molar refractivity (Wildman–Crippen MR) is 48.5 cm³/mol. The summed E-state index contributed by atoms with van der Waals surface area (Å²) in [5, 5.41) is 0. The normalized spacial score (nSPS) is 12.4. The molecule has 0 aromatic heterocycles. The third-order valence-corrected chi connectivity index (χ3v) is 1.80. The smallest absolute Gasteiger partial charge is 0.206 e. The molecule has 1 aromatic rings. The van der Waals surface area contributed by atoms with Gasteiger partial charge in [0.15, 0.2) is 0 Å². The van der Waals surface area contributed by atoms with Gasteiger partial charge in [-0.05, 0) is 18.5 Å². The molecule has 2 N–H and O–H groups in total. The highest BCUT2D eigenvalue weighted by Gasteiger charge is 2.08. The van der Waals surface area contributed by atoms with Crippen molar-refractivity contribution in [2.75, 3.05) is 6.54 Å². The summed E-state index contributed by atoms with van der Waals surface area (Å²) in [7, 11) is 0. The maximum absolute atomic E-state index is 10.5. The third kappa shape index (κ3) is 2.17. The Kier molecular flexibility index (Phi) is 3.48. The molecule has 0 spiro atoms. The van der Waals surface area contributed by atoms with Gasteiger partial charge in [-0.1, -0.05) is 30.3 Å². The Morgan fingerprint density at radius 2 is 2.00 bits per heavy atom. The zero-order valence-electron chi connectivity index (χ0n) is 6.86. The highest BCUT2D eigenvalue weighted by molar-refractivity contribution is 5.62. The Labute approximate surface area is 72.4 Å². The molecule has 0 aliphatic rings. The summed E-state index contributed by atoms with van der Waals surface area (Å²) < 4.78 is 0. The Hall–Kier alpha value is -1.15. The van der Waals surface area contributed by atoms with Crippen LogP contribution >= 0.6 is 0 Å². The quantitative estimate of drug-likeness (QED) is 0.723. The molecule has 1 unspecified atom stereocenters. The summed E-state index contributed by atoms with van der Waals surface area (Å²) in [4.78, 5) is 10.5. The van der Waals surface area contributed by atoms with Crippen molar-refractivity contribution in [3.05, 3.63) is 35.9 Å². The minimum Gasteiger partial charge on any atom is -0.330 e. The van der Waals surface area contributed by atoms with Crippen LogP contribution in [0.3, 0.4) is 0 Å². The van der Waals surface area contributed by atoms with Gasteiger partial charge in [-0.3, -0.25) is 4.79 Å². The fourth-order valence-corrected chi connectivity index (χ4v) is 1.15. The molecule has 0 aliphatic carbocycles. The van der Waals surface area contributed by atoms with E-state index in [1.165, 1.54) is 0 Å². The zero-order valence-corrected chi connectivity index (χ0v) is 6.86. The first-order chi connectivity index (χ1) is 5.88. The summed E-state index contributed by atoms with van der Waals surface area (Å²) in [6, 6.07) is 9.59. The van der Waals surface area contributed by atoms with E-state index in [1.807, 2.05) is 36.6 Å². The average Bonchev–Trinajstić information content (AvgIpc) is 2.15. The average molecular weight is 162 g/mol. The second-order valence-corrected chi connectivity index (χ2v) is 2.66. The van der Waals surface area contributed by atoms with E-state index in [9.17, 15) is 4.79 Å². The van der Waals surface area contributed by atoms with E-state index >= 15 is 0 Å². The molecular formula is C10H12NO. The van der Waals surface area contributed by atoms with E-state index in [0.29, 0.717) is 13.0 Å². The minimum absolute atomic E-state index is 0.156. The second kappa shape index (κ2) is 4.67. The van der Waals surface area contributed by atoms with E-state index in [2.05, 4.69) is 0 Å². The first-order valence-electron chi connectivity index (χ1n) is 4.01. The van der Waals surface area contributed by atoms with Crippen LogP contribution in [0.25, 0.3) is 0 Å². The van der Waals surface area contributed by atoms with Crippen LogP contribution in [0.5, 0.6) is 0 Å². The van der Waals surface area contributed by atoms with Gasteiger partial charge in [0.2, 0.25) is 6.29 Å². The van der Waals surface area contributed by atoms with Gasteiger partial charge in [0.05, 0.1) is 5.92 Å². The maximum Gasteiger partial charge on any atom is 0.206 e. The van der Waals surface area contributed by atoms with Crippen LogP contribution in [0.15, 0.2) is 30.3 Å².